The number of hydrogen-bond acceptors (Lipinski definition) is 3. The maximum atomic E-state index is 6.13. The first-order chi connectivity index (χ1) is 9.90. The largest absolute Gasteiger partial charge is 0.371 e. The van der Waals surface area contributed by atoms with Gasteiger partial charge in [-0.15, -0.1) is 0 Å². The van der Waals surface area contributed by atoms with Crippen LogP contribution in [-0.2, 0) is 4.74 Å². The fraction of sp³-hybridized carbons (Fsp3) is 0.647. The third-order valence-electron chi connectivity index (χ3n) is 3.85. The van der Waals surface area contributed by atoms with Crippen molar-refractivity contribution in [3.8, 4) is 0 Å². The minimum absolute atomic E-state index is 0.172. The van der Waals surface area contributed by atoms with Crippen molar-refractivity contribution in [3.63, 3.8) is 0 Å². The summed E-state index contributed by atoms with van der Waals surface area (Å²) in [5.41, 5.74) is 1.28. The van der Waals surface area contributed by atoms with Gasteiger partial charge in [-0.1, -0.05) is 37.3 Å². The van der Waals surface area contributed by atoms with Gasteiger partial charge in [-0.2, -0.15) is 0 Å². The smallest absolute Gasteiger partial charge is 0.0949 e. The molecule has 1 heterocycles. The van der Waals surface area contributed by atoms with Crippen LogP contribution in [0.2, 0.25) is 0 Å². The number of likely N-dealkylation sites (tertiary alicyclic amines) is 1. The maximum absolute atomic E-state index is 6.13. The number of nitrogens with one attached hydrogen (secondary N) is 1. The number of rotatable bonds is 9. The summed E-state index contributed by atoms with van der Waals surface area (Å²) in [5, 5.41) is 3.47. The first-order valence-electron chi connectivity index (χ1n) is 7.99. The molecular formula is C17H28N2O. The molecule has 1 N–H and O–H groups in total. The molecule has 1 aromatic carbocycles. The van der Waals surface area contributed by atoms with Crippen molar-refractivity contribution in [1.29, 1.82) is 0 Å². The van der Waals surface area contributed by atoms with Gasteiger partial charge in [-0.3, -0.25) is 0 Å². The van der Waals surface area contributed by atoms with Gasteiger partial charge in [0, 0.05) is 13.1 Å². The molecule has 1 unspecified atom stereocenters. The fourth-order valence-corrected chi connectivity index (χ4v) is 2.68. The lowest BCUT2D eigenvalue weighted by molar-refractivity contribution is 0.0402. The molecule has 1 aromatic rings. The third kappa shape index (κ3) is 5.23. The quantitative estimate of drug-likeness (QED) is 0.702. The van der Waals surface area contributed by atoms with E-state index in [0.29, 0.717) is 0 Å². The Morgan fingerprint density at radius 3 is 2.65 bits per heavy atom. The first kappa shape index (κ1) is 15.5. The molecule has 1 aliphatic rings. The minimum Gasteiger partial charge on any atom is -0.371 e. The van der Waals surface area contributed by atoms with Crippen LogP contribution in [0.15, 0.2) is 30.3 Å². The lowest BCUT2D eigenvalue weighted by Gasteiger charge is -2.21. The molecule has 1 aliphatic heterocycles. The molecule has 0 aliphatic carbocycles. The summed E-state index contributed by atoms with van der Waals surface area (Å²) in [6.07, 6.45) is 4.03. The molecule has 0 saturated carbocycles. The highest BCUT2D eigenvalue weighted by Gasteiger charge is 2.14. The minimum atomic E-state index is 0.172. The van der Waals surface area contributed by atoms with Crippen molar-refractivity contribution in [2.24, 2.45) is 0 Å². The van der Waals surface area contributed by atoms with E-state index < -0.39 is 0 Å². The molecule has 1 fully saturated rings. The Morgan fingerprint density at radius 2 is 1.95 bits per heavy atom. The maximum Gasteiger partial charge on any atom is 0.0949 e. The Labute approximate surface area is 123 Å². The van der Waals surface area contributed by atoms with Crippen LogP contribution in [0.5, 0.6) is 0 Å². The molecule has 0 bridgehead atoms. The molecule has 0 radical (unpaired) electrons. The number of benzene rings is 1. The van der Waals surface area contributed by atoms with Gasteiger partial charge in [-0.25, -0.2) is 0 Å². The van der Waals surface area contributed by atoms with Gasteiger partial charge in [0.2, 0.25) is 0 Å². The Kier molecular flexibility index (Phi) is 7.06. The summed E-state index contributed by atoms with van der Waals surface area (Å²) in [7, 11) is 0. The van der Waals surface area contributed by atoms with Gasteiger partial charge in [0.1, 0.15) is 0 Å². The number of hydrogen-bond donors (Lipinski definition) is 1. The zero-order valence-electron chi connectivity index (χ0n) is 12.7. The molecule has 112 valence electrons. The second-order valence-corrected chi connectivity index (χ2v) is 5.52. The van der Waals surface area contributed by atoms with Crippen molar-refractivity contribution >= 4 is 0 Å². The summed E-state index contributed by atoms with van der Waals surface area (Å²) in [6.45, 7) is 8.53. The van der Waals surface area contributed by atoms with Crippen LogP contribution in [0.3, 0.4) is 0 Å². The highest BCUT2D eigenvalue weighted by molar-refractivity contribution is 5.17. The van der Waals surface area contributed by atoms with Gasteiger partial charge < -0.3 is 15.0 Å². The van der Waals surface area contributed by atoms with E-state index in [1.165, 1.54) is 31.5 Å². The average molecular weight is 276 g/mol. The average Bonchev–Trinajstić information content (AvgIpc) is 3.00. The van der Waals surface area contributed by atoms with Crippen LogP contribution < -0.4 is 5.32 Å². The monoisotopic (exact) mass is 276 g/mol. The van der Waals surface area contributed by atoms with E-state index in [2.05, 4.69) is 47.5 Å². The Balaban J connectivity index is 1.78. The standard InChI is InChI=1S/C17H28N2O/c1-2-10-18-15-17(16-8-4-3-5-9-16)20-14-13-19-11-6-7-12-19/h3-5,8-9,17-18H,2,6-7,10-15H2,1H3. The summed E-state index contributed by atoms with van der Waals surface area (Å²) in [6, 6.07) is 10.6. The molecule has 0 amide bonds. The van der Waals surface area contributed by atoms with E-state index in [4.69, 9.17) is 4.74 Å². The van der Waals surface area contributed by atoms with Crippen LogP contribution in [-0.4, -0.2) is 44.2 Å². The molecule has 2 rings (SSSR count). The van der Waals surface area contributed by atoms with Crippen LogP contribution in [0.1, 0.15) is 37.9 Å². The first-order valence-corrected chi connectivity index (χ1v) is 7.99. The SMILES string of the molecule is CCCNCC(OCCN1CCCC1)c1ccccc1. The molecule has 0 aromatic heterocycles. The van der Waals surface area contributed by atoms with Crippen molar-refractivity contribution in [3.05, 3.63) is 35.9 Å². The molecule has 3 heteroatoms. The predicted molar refractivity (Wildman–Crippen MR) is 84.0 cm³/mol. The lowest BCUT2D eigenvalue weighted by Crippen LogP contribution is -2.28. The highest BCUT2D eigenvalue weighted by atomic mass is 16.5. The zero-order chi connectivity index (χ0) is 14.0. The number of nitrogens with zero attached hydrogens (tertiary/aromatic N) is 1. The van der Waals surface area contributed by atoms with Gasteiger partial charge in [0.05, 0.1) is 12.7 Å². The van der Waals surface area contributed by atoms with E-state index >= 15 is 0 Å². The van der Waals surface area contributed by atoms with Crippen molar-refractivity contribution in [2.75, 3.05) is 39.3 Å². The van der Waals surface area contributed by atoms with Crippen molar-refractivity contribution in [1.82, 2.24) is 10.2 Å². The second kappa shape index (κ2) is 9.11. The second-order valence-electron chi connectivity index (χ2n) is 5.52. The topological polar surface area (TPSA) is 24.5 Å². The van der Waals surface area contributed by atoms with Gasteiger partial charge >= 0.3 is 0 Å². The summed E-state index contributed by atoms with van der Waals surface area (Å²) >= 11 is 0. The predicted octanol–water partition coefficient (Wildman–Crippen LogP) is 2.84. The Bertz CT molecular complexity index is 349. The fourth-order valence-electron chi connectivity index (χ4n) is 2.68. The molecule has 1 atom stereocenters. The van der Waals surface area contributed by atoms with Crippen molar-refractivity contribution < 1.29 is 4.74 Å². The molecule has 0 spiro atoms. The van der Waals surface area contributed by atoms with Gasteiger partial charge in [0.25, 0.3) is 0 Å². The summed E-state index contributed by atoms with van der Waals surface area (Å²) < 4.78 is 6.13. The highest BCUT2D eigenvalue weighted by Crippen LogP contribution is 2.16. The summed E-state index contributed by atoms with van der Waals surface area (Å²) in [5.74, 6) is 0. The van der Waals surface area contributed by atoms with Crippen LogP contribution in [0, 0.1) is 0 Å². The summed E-state index contributed by atoms with van der Waals surface area (Å²) in [4.78, 5) is 2.50. The molecule has 20 heavy (non-hydrogen) atoms. The van der Waals surface area contributed by atoms with E-state index in [1.54, 1.807) is 0 Å². The molecule has 3 nitrogen and oxygen atoms in total. The Hall–Kier alpha value is -0.900. The van der Waals surface area contributed by atoms with Gasteiger partial charge in [0.15, 0.2) is 0 Å². The van der Waals surface area contributed by atoms with Gasteiger partial charge in [-0.05, 0) is 44.5 Å². The van der Waals surface area contributed by atoms with E-state index in [0.717, 1.165) is 32.7 Å². The normalized spacial score (nSPS) is 17.4. The Morgan fingerprint density at radius 1 is 1.20 bits per heavy atom. The molecular weight excluding hydrogens is 248 g/mol. The van der Waals surface area contributed by atoms with Crippen molar-refractivity contribution in [2.45, 2.75) is 32.3 Å². The third-order valence-corrected chi connectivity index (χ3v) is 3.85. The van der Waals surface area contributed by atoms with E-state index in [1.807, 2.05) is 0 Å². The van der Waals surface area contributed by atoms with Crippen LogP contribution >= 0.6 is 0 Å². The van der Waals surface area contributed by atoms with Crippen LogP contribution in [0.25, 0.3) is 0 Å². The zero-order valence-corrected chi connectivity index (χ0v) is 12.7. The van der Waals surface area contributed by atoms with E-state index in [-0.39, 0.29) is 6.10 Å². The lowest BCUT2D eigenvalue weighted by atomic mass is 10.1. The van der Waals surface area contributed by atoms with Crippen LogP contribution in [0.4, 0.5) is 0 Å². The number of ether oxygens (including phenoxy) is 1. The van der Waals surface area contributed by atoms with E-state index in [9.17, 15) is 0 Å². The molecule has 1 saturated heterocycles.